The molecule has 1 N–H and O–H groups in total. The fourth-order valence-corrected chi connectivity index (χ4v) is 2.38. The molecular weight excluding hydrogens is 326 g/mol. The number of benzene rings is 1. The minimum absolute atomic E-state index is 0.210. The molecule has 0 unspecified atom stereocenters. The molecule has 0 bridgehead atoms. The van der Waals surface area contributed by atoms with E-state index in [1.165, 1.54) is 0 Å². The fourth-order valence-electron chi connectivity index (χ4n) is 1.25. The van der Waals surface area contributed by atoms with Crippen molar-refractivity contribution in [1.29, 1.82) is 0 Å². The second kappa shape index (κ2) is 7.13. The number of amides is 1. The van der Waals surface area contributed by atoms with E-state index in [-0.39, 0.29) is 5.91 Å². The quantitative estimate of drug-likeness (QED) is 0.839. The highest BCUT2D eigenvalue weighted by atomic mass is 79.9. The van der Waals surface area contributed by atoms with Gasteiger partial charge in [0.05, 0.1) is 10.6 Å². The molecule has 0 aliphatic rings. The molecule has 0 fully saturated rings. The lowest BCUT2D eigenvalue weighted by Crippen LogP contribution is -2.25. The van der Waals surface area contributed by atoms with E-state index >= 15 is 0 Å². The largest absolute Gasteiger partial charge is 0.352 e. The van der Waals surface area contributed by atoms with Gasteiger partial charge in [-0.25, -0.2) is 0 Å². The van der Waals surface area contributed by atoms with Crippen LogP contribution in [-0.2, 0) is 10.8 Å². The van der Waals surface area contributed by atoms with E-state index in [2.05, 4.69) is 21.2 Å². The van der Waals surface area contributed by atoms with Crippen molar-refractivity contribution < 1.29 is 9.00 Å². The van der Waals surface area contributed by atoms with Gasteiger partial charge in [-0.05, 0) is 34.5 Å². The average molecular weight is 339 g/mol. The molecule has 0 aromatic heterocycles. The number of rotatable bonds is 5. The van der Waals surface area contributed by atoms with Gasteiger partial charge in [0.25, 0.3) is 5.91 Å². The lowest BCUT2D eigenvalue weighted by Gasteiger charge is -2.07. The molecule has 6 heteroatoms. The van der Waals surface area contributed by atoms with Crippen molar-refractivity contribution in [2.24, 2.45) is 0 Å². The number of carbonyl (C=O) groups is 1. The molecule has 0 saturated carbocycles. The van der Waals surface area contributed by atoms with Gasteiger partial charge in [-0.3, -0.25) is 9.00 Å². The van der Waals surface area contributed by atoms with Crippen LogP contribution in [0.4, 0.5) is 0 Å². The Morgan fingerprint density at radius 1 is 1.53 bits per heavy atom. The van der Waals surface area contributed by atoms with E-state index in [1.54, 1.807) is 24.5 Å². The van der Waals surface area contributed by atoms with Crippen molar-refractivity contribution >= 4 is 44.2 Å². The summed E-state index contributed by atoms with van der Waals surface area (Å²) < 4.78 is 11.5. The normalized spacial score (nSPS) is 12.2. The number of halogens is 2. The van der Waals surface area contributed by atoms with Crippen molar-refractivity contribution in [3.05, 3.63) is 33.3 Å². The first-order valence-electron chi connectivity index (χ1n) is 5.04. The van der Waals surface area contributed by atoms with Crippen LogP contribution in [0.2, 0.25) is 5.02 Å². The standard InChI is InChI=1S/C11H13BrClNO2S/c1-17(16)7-3-6-14-11(15)8-4-2-5-9(12)10(8)13/h2,4-5H,3,6-7H2,1H3,(H,14,15)/t17-/m1/s1. The Bertz CT molecular complexity index is 439. The van der Waals surface area contributed by atoms with Crippen LogP contribution in [0.1, 0.15) is 16.8 Å². The first kappa shape index (κ1) is 14.7. The highest BCUT2D eigenvalue weighted by molar-refractivity contribution is 9.10. The van der Waals surface area contributed by atoms with Crippen molar-refractivity contribution in [2.45, 2.75) is 6.42 Å². The van der Waals surface area contributed by atoms with Gasteiger partial charge < -0.3 is 5.32 Å². The van der Waals surface area contributed by atoms with Gasteiger partial charge in [-0.2, -0.15) is 0 Å². The number of nitrogens with one attached hydrogen (secondary N) is 1. The first-order valence-corrected chi connectivity index (χ1v) is 7.94. The topological polar surface area (TPSA) is 46.2 Å². The molecule has 0 aliphatic carbocycles. The van der Waals surface area contributed by atoms with Crippen LogP contribution in [0, 0.1) is 0 Å². The molecule has 17 heavy (non-hydrogen) atoms. The Labute approximate surface area is 117 Å². The summed E-state index contributed by atoms with van der Waals surface area (Å²) >= 11 is 9.26. The molecule has 1 amide bonds. The molecule has 1 atom stereocenters. The molecule has 3 nitrogen and oxygen atoms in total. The maximum Gasteiger partial charge on any atom is 0.252 e. The van der Waals surface area contributed by atoms with Crippen LogP contribution in [-0.4, -0.2) is 28.7 Å². The van der Waals surface area contributed by atoms with Gasteiger partial charge in [-0.15, -0.1) is 0 Å². The molecule has 0 spiro atoms. The summed E-state index contributed by atoms with van der Waals surface area (Å²) in [5, 5.41) is 3.15. The van der Waals surface area contributed by atoms with Crippen LogP contribution in [0.5, 0.6) is 0 Å². The molecule has 0 aliphatic heterocycles. The average Bonchev–Trinajstić information content (AvgIpc) is 2.27. The van der Waals surface area contributed by atoms with Crippen LogP contribution >= 0.6 is 27.5 Å². The number of carbonyl (C=O) groups excluding carboxylic acids is 1. The Balaban J connectivity index is 2.53. The Hall–Kier alpha value is -0.390. The Morgan fingerprint density at radius 3 is 2.88 bits per heavy atom. The summed E-state index contributed by atoms with van der Waals surface area (Å²) in [5.41, 5.74) is 0.443. The van der Waals surface area contributed by atoms with Gasteiger partial charge in [-0.1, -0.05) is 17.7 Å². The smallest absolute Gasteiger partial charge is 0.252 e. The predicted octanol–water partition coefficient (Wildman–Crippen LogP) is 2.60. The van der Waals surface area contributed by atoms with Crippen molar-refractivity contribution in [3.63, 3.8) is 0 Å². The van der Waals surface area contributed by atoms with Gasteiger partial charge in [0.1, 0.15) is 0 Å². The molecule has 0 radical (unpaired) electrons. The zero-order valence-corrected chi connectivity index (χ0v) is 12.5. The third kappa shape index (κ3) is 4.77. The molecular formula is C11H13BrClNO2S. The van der Waals surface area contributed by atoms with Gasteiger partial charge in [0, 0.05) is 33.8 Å². The summed E-state index contributed by atoms with van der Waals surface area (Å²) in [5.74, 6) is 0.380. The van der Waals surface area contributed by atoms with E-state index in [4.69, 9.17) is 11.6 Å². The molecule has 0 saturated heterocycles. The van der Waals surface area contributed by atoms with Gasteiger partial charge >= 0.3 is 0 Å². The molecule has 94 valence electrons. The van der Waals surface area contributed by atoms with Gasteiger partial charge in [0.15, 0.2) is 0 Å². The van der Waals surface area contributed by atoms with Crippen molar-refractivity contribution in [2.75, 3.05) is 18.6 Å². The monoisotopic (exact) mass is 337 g/mol. The van der Waals surface area contributed by atoms with E-state index < -0.39 is 10.8 Å². The van der Waals surface area contributed by atoms with Crippen LogP contribution in [0.3, 0.4) is 0 Å². The van der Waals surface area contributed by atoms with Crippen LogP contribution in [0.25, 0.3) is 0 Å². The number of hydrogen-bond acceptors (Lipinski definition) is 2. The predicted molar refractivity (Wildman–Crippen MR) is 75.0 cm³/mol. The summed E-state index contributed by atoms with van der Waals surface area (Å²) in [7, 11) is -0.818. The van der Waals surface area contributed by atoms with Crippen molar-refractivity contribution in [1.82, 2.24) is 5.32 Å². The zero-order valence-electron chi connectivity index (χ0n) is 9.33. The Morgan fingerprint density at radius 2 is 2.24 bits per heavy atom. The summed E-state index contributed by atoms with van der Waals surface area (Å²) in [6.45, 7) is 0.501. The minimum atomic E-state index is -0.818. The molecule has 1 rings (SSSR count). The third-order valence-electron chi connectivity index (χ3n) is 2.09. The van der Waals surface area contributed by atoms with E-state index in [1.807, 2.05) is 0 Å². The maximum atomic E-state index is 11.8. The first-order chi connectivity index (χ1) is 8.02. The molecule has 0 heterocycles. The summed E-state index contributed by atoms with van der Waals surface area (Å²) in [4.78, 5) is 11.8. The maximum absolute atomic E-state index is 11.8. The highest BCUT2D eigenvalue weighted by Crippen LogP contribution is 2.25. The van der Waals surface area contributed by atoms with Crippen LogP contribution < -0.4 is 5.32 Å². The molecule has 1 aromatic rings. The molecule has 1 aromatic carbocycles. The van der Waals surface area contributed by atoms with E-state index in [9.17, 15) is 9.00 Å². The fraction of sp³-hybridized carbons (Fsp3) is 0.364. The Kier molecular flexibility index (Phi) is 6.16. The zero-order chi connectivity index (χ0) is 12.8. The lowest BCUT2D eigenvalue weighted by molar-refractivity contribution is 0.0954. The highest BCUT2D eigenvalue weighted by Gasteiger charge is 2.11. The lowest BCUT2D eigenvalue weighted by atomic mass is 10.2. The summed E-state index contributed by atoms with van der Waals surface area (Å²) in [6.07, 6.45) is 2.34. The number of hydrogen-bond donors (Lipinski definition) is 1. The second-order valence-corrected chi connectivity index (χ2v) is 6.28. The van der Waals surface area contributed by atoms with Crippen molar-refractivity contribution in [3.8, 4) is 0 Å². The van der Waals surface area contributed by atoms with Crippen LogP contribution in [0.15, 0.2) is 22.7 Å². The van der Waals surface area contributed by atoms with Gasteiger partial charge in [0.2, 0.25) is 0 Å². The third-order valence-corrected chi connectivity index (χ3v) is 4.25. The minimum Gasteiger partial charge on any atom is -0.352 e. The SMILES string of the molecule is C[S@@](=O)CCCNC(=O)c1cccc(Br)c1Cl. The van der Waals surface area contributed by atoms with E-state index in [0.29, 0.717) is 33.8 Å². The van der Waals surface area contributed by atoms with E-state index in [0.717, 1.165) is 0 Å². The second-order valence-electron chi connectivity index (χ2n) is 3.49. The summed E-state index contributed by atoms with van der Waals surface area (Å²) in [6, 6.07) is 5.20.